The molecular formula is C13H22N2. The summed E-state index contributed by atoms with van der Waals surface area (Å²) in [4.78, 5) is 7.03. The lowest BCUT2D eigenvalue weighted by Crippen LogP contribution is -2.26. The van der Waals surface area contributed by atoms with Crippen LogP contribution in [0, 0.1) is 5.92 Å². The molecule has 2 nitrogen and oxygen atoms in total. The van der Waals surface area contributed by atoms with Gasteiger partial charge in [-0.05, 0) is 51.6 Å². The fraction of sp³-hybridized carbons (Fsp3) is 0.769. The van der Waals surface area contributed by atoms with E-state index in [1.807, 2.05) is 0 Å². The maximum Gasteiger partial charge on any atom is 0.0444 e. The quantitative estimate of drug-likeness (QED) is 0.512. The van der Waals surface area contributed by atoms with E-state index in [1.165, 1.54) is 38.6 Å². The number of likely N-dealkylation sites (tertiary alicyclic amines) is 1. The third-order valence-corrected chi connectivity index (χ3v) is 3.60. The van der Waals surface area contributed by atoms with Crippen LogP contribution in [0.25, 0.3) is 0 Å². The second-order valence-electron chi connectivity index (χ2n) is 4.85. The zero-order valence-corrected chi connectivity index (χ0v) is 9.73. The Balaban J connectivity index is 1.72. The predicted molar refractivity (Wildman–Crippen MR) is 65.5 cm³/mol. The molecule has 0 bridgehead atoms. The van der Waals surface area contributed by atoms with Crippen molar-refractivity contribution >= 4 is 6.21 Å². The zero-order valence-electron chi connectivity index (χ0n) is 9.73. The maximum absolute atomic E-state index is 4.63. The molecule has 0 amide bonds. The zero-order chi connectivity index (χ0) is 10.5. The van der Waals surface area contributed by atoms with E-state index >= 15 is 0 Å². The molecule has 1 aliphatic carbocycles. The molecule has 2 atom stereocenters. The summed E-state index contributed by atoms with van der Waals surface area (Å²) < 4.78 is 0. The first-order chi connectivity index (χ1) is 7.36. The maximum atomic E-state index is 4.63. The number of hydrogen-bond acceptors (Lipinski definition) is 2. The molecule has 1 heterocycles. The molecule has 1 aliphatic heterocycles. The van der Waals surface area contributed by atoms with Gasteiger partial charge in [0.05, 0.1) is 0 Å². The van der Waals surface area contributed by atoms with E-state index in [2.05, 4.69) is 35.3 Å². The molecule has 0 aromatic rings. The molecule has 0 spiro atoms. The normalized spacial score (nSPS) is 32.9. The molecule has 0 aromatic heterocycles. The highest BCUT2D eigenvalue weighted by Crippen LogP contribution is 2.18. The monoisotopic (exact) mass is 206 g/mol. The van der Waals surface area contributed by atoms with Crippen molar-refractivity contribution in [1.82, 2.24) is 4.90 Å². The van der Waals surface area contributed by atoms with Gasteiger partial charge in [0.2, 0.25) is 0 Å². The second-order valence-corrected chi connectivity index (χ2v) is 4.85. The second kappa shape index (κ2) is 5.45. The lowest BCUT2D eigenvalue weighted by atomic mass is 9.95. The first-order valence-electron chi connectivity index (χ1n) is 6.21. The van der Waals surface area contributed by atoms with Gasteiger partial charge in [-0.3, -0.25) is 9.89 Å². The summed E-state index contributed by atoms with van der Waals surface area (Å²) in [5, 5.41) is 0. The van der Waals surface area contributed by atoms with Gasteiger partial charge in [0.1, 0.15) is 0 Å². The van der Waals surface area contributed by atoms with Gasteiger partial charge >= 0.3 is 0 Å². The van der Waals surface area contributed by atoms with Crippen LogP contribution < -0.4 is 0 Å². The first kappa shape index (κ1) is 10.9. The van der Waals surface area contributed by atoms with Crippen LogP contribution in [0.15, 0.2) is 17.1 Å². The van der Waals surface area contributed by atoms with Crippen LogP contribution in [0.3, 0.4) is 0 Å². The Morgan fingerprint density at radius 2 is 2.33 bits per heavy atom. The molecule has 84 valence electrons. The lowest BCUT2D eigenvalue weighted by Gasteiger charge is -2.17. The highest BCUT2D eigenvalue weighted by atomic mass is 15.1. The molecule has 2 rings (SSSR count). The molecule has 2 heteroatoms. The molecule has 15 heavy (non-hydrogen) atoms. The van der Waals surface area contributed by atoms with Crippen molar-refractivity contribution in [3.63, 3.8) is 0 Å². The van der Waals surface area contributed by atoms with Crippen LogP contribution in [0.1, 0.15) is 32.1 Å². The third-order valence-electron chi connectivity index (χ3n) is 3.60. The van der Waals surface area contributed by atoms with E-state index in [1.54, 1.807) is 0 Å². The Morgan fingerprint density at radius 1 is 1.40 bits per heavy atom. The van der Waals surface area contributed by atoms with E-state index in [-0.39, 0.29) is 0 Å². The predicted octanol–water partition coefficient (Wildman–Crippen LogP) is 2.51. The fourth-order valence-corrected chi connectivity index (χ4v) is 2.48. The van der Waals surface area contributed by atoms with Crippen molar-refractivity contribution in [3.8, 4) is 0 Å². The van der Waals surface area contributed by atoms with E-state index < -0.39 is 0 Å². The van der Waals surface area contributed by atoms with Crippen molar-refractivity contribution in [2.24, 2.45) is 10.9 Å². The number of allylic oxidation sites excluding steroid dienone is 2. The highest BCUT2D eigenvalue weighted by Gasteiger charge is 2.18. The summed E-state index contributed by atoms with van der Waals surface area (Å²) in [5.74, 6) is 0.804. The van der Waals surface area contributed by atoms with Gasteiger partial charge in [-0.25, -0.2) is 0 Å². The average molecular weight is 206 g/mol. The van der Waals surface area contributed by atoms with Crippen molar-refractivity contribution in [2.45, 2.75) is 38.1 Å². The topological polar surface area (TPSA) is 15.6 Å². The van der Waals surface area contributed by atoms with Crippen molar-refractivity contribution in [1.29, 1.82) is 0 Å². The highest BCUT2D eigenvalue weighted by molar-refractivity contribution is 5.64. The standard InChI is InChI=1S/C13H22N2/c1-15-9-5-8-13(15)11-14-10-12-6-3-2-4-7-12/h2-3,11-13H,4-10H2,1H3/b14-11+. The number of aliphatic imine (C=N–C) groups is 1. The number of nitrogens with zero attached hydrogens (tertiary/aromatic N) is 2. The summed E-state index contributed by atoms with van der Waals surface area (Å²) in [6.07, 6.45) is 13.2. The van der Waals surface area contributed by atoms with Crippen LogP contribution in [-0.2, 0) is 0 Å². The Morgan fingerprint density at radius 3 is 3.00 bits per heavy atom. The SMILES string of the molecule is CN1CCCC1/C=N/CC1CC=CCC1. The molecule has 0 radical (unpaired) electrons. The molecule has 0 saturated carbocycles. The minimum atomic E-state index is 0.615. The van der Waals surface area contributed by atoms with E-state index in [4.69, 9.17) is 0 Å². The molecule has 1 fully saturated rings. The first-order valence-corrected chi connectivity index (χ1v) is 6.21. The van der Waals surface area contributed by atoms with Gasteiger partial charge in [0.15, 0.2) is 0 Å². The molecule has 0 aromatic carbocycles. The Kier molecular flexibility index (Phi) is 3.95. The average Bonchev–Trinajstić information content (AvgIpc) is 2.66. The molecule has 2 aliphatic rings. The van der Waals surface area contributed by atoms with Gasteiger partial charge in [-0.2, -0.15) is 0 Å². The minimum Gasteiger partial charge on any atom is -0.298 e. The van der Waals surface area contributed by atoms with Gasteiger partial charge in [0, 0.05) is 18.8 Å². The fourth-order valence-electron chi connectivity index (χ4n) is 2.48. The van der Waals surface area contributed by atoms with E-state index in [0.29, 0.717) is 6.04 Å². The third kappa shape index (κ3) is 3.16. The summed E-state index contributed by atoms with van der Waals surface area (Å²) in [5.41, 5.74) is 0. The summed E-state index contributed by atoms with van der Waals surface area (Å²) >= 11 is 0. The summed E-state index contributed by atoms with van der Waals surface area (Å²) in [6.45, 7) is 2.28. The van der Waals surface area contributed by atoms with Gasteiger partial charge < -0.3 is 0 Å². The summed E-state index contributed by atoms with van der Waals surface area (Å²) in [6, 6.07) is 0.615. The van der Waals surface area contributed by atoms with Crippen molar-refractivity contribution in [3.05, 3.63) is 12.2 Å². The van der Waals surface area contributed by atoms with Gasteiger partial charge in [0.25, 0.3) is 0 Å². The van der Waals surface area contributed by atoms with Crippen molar-refractivity contribution in [2.75, 3.05) is 20.1 Å². The van der Waals surface area contributed by atoms with Crippen LogP contribution >= 0.6 is 0 Å². The largest absolute Gasteiger partial charge is 0.298 e. The van der Waals surface area contributed by atoms with E-state index in [0.717, 1.165) is 12.5 Å². The van der Waals surface area contributed by atoms with Crippen LogP contribution in [-0.4, -0.2) is 37.3 Å². The molecular weight excluding hydrogens is 184 g/mol. The summed E-state index contributed by atoms with van der Waals surface area (Å²) in [7, 11) is 2.20. The number of rotatable bonds is 3. The Hall–Kier alpha value is -0.630. The Labute approximate surface area is 93.1 Å². The minimum absolute atomic E-state index is 0.615. The van der Waals surface area contributed by atoms with Crippen LogP contribution in [0.2, 0.25) is 0 Å². The Bertz CT molecular complexity index is 245. The van der Waals surface area contributed by atoms with Crippen LogP contribution in [0.5, 0.6) is 0 Å². The van der Waals surface area contributed by atoms with E-state index in [9.17, 15) is 0 Å². The van der Waals surface area contributed by atoms with Crippen LogP contribution in [0.4, 0.5) is 0 Å². The molecule has 2 unspecified atom stereocenters. The van der Waals surface area contributed by atoms with Gasteiger partial charge in [-0.1, -0.05) is 12.2 Å². The number of hydrogen-bond donors (Lipinski definition) is 0. The van der Waals surface area contributed by atoms with Gasteiger partial charge in [-0.15, -0.1) is 0 Å². The smallest absolute Gasteiger partial charge is 0.0444 e. The van der Waals surface area contributed by atoms with Crippen molar-refractivity contribution < 1.29 is 0 Å². The lowest BCUT2D eigenvalue weighted by molar-refractivity contribution is 0.376. The molecule has 1 saturated heterocycles. The molecule has 0 N–H and O–H groups in total.